The van der Waals surface area contributed by atoms with E-state index >= 15 is 0 Å². The van der Waals surface area contributed by atoms with Crippen molar-refractivity contribution in [1.82, 2.24) is 15.1 Å². The Kier molecular flexibility index (Phi) is 6.32. The maximum absolute atomic E-state index is 3.40. The second-order valence-electron chi connectivity index (χ2n) is 5.36. The maximum Gasteiger partial charge on any atom is 0.0192 e. The van der Waals surface area contributed by atoms with Gasteiger partial charge in [0.05, 0.1) is 0 Å². The molecule has 96 valence electrons. The van der Waals surface area contributed by atoms with E-state index in [1.54, 1.807) is 0 Å². The lowest BCUT2D eigenvalue weighted by atomic mass is 10.1. The largest absolute Gasteiger partial charge is 0.316 e. The Balaban J connectivity index is 2.12. The molecular formula is C13H29N3. The molecule has 0 aliphatic carbocycles. The van der Waals surface area contributed by atoms with Gasteiger partial charge in [0.1, 0.15) is 0 Å². The molecule has 1 rings (SSSR count). The van der Waals surface area contributed by atoms with Crippen LogP contribution >= 0.6 is 0 Å². The highest BCUT2D eigenvalue weighted by Crippen LogP contribution is 2.10. The van der Waals surface area contributed by atoms with E-state index in [0.717, 1.165) is 6.04 Å². The van der Waals surface area contributed by atoms with Crippen LogP contribution in [0.25, 0.3) is 0 Å². The van der Waals surface area contributed by atoms with Gasteiger partial charge in [0.25, 0.3) is 0 Å². The van der Waals surface area contributed by atoms with Crippen LogP contribution in [0.5, 0.6) is 0 Å². The van der Waals surface area contributed by atoms with Gasteiger partial charge >= 0.3 is 0 Å². The molecule has 1 heterocycles. The Morgan fingerprint density at radius 1 is 1.44 bits per heavy atom. The first kappa shape index (κ1) is 13.9. The lowest BCUT2D eigenvalue weighted by Gasteiger charge is -2.33. The third kappa shape index (κ3) is 4.81. The summed E-state index contributed by atoms with van der Waals surface area (Å²) >= 11 is 0. The van der Waals surface area contributed by atoms with Crippen molar-refractivity contribution in [2.24, 2.45) is 0 Å². The molecule has 0 aromatic heterocycles. The molecule has 1 saturated heterocycles. The van der Waals surface area contributed by atoms with Gasteiger partial charge in [-0.1, -0.05) is 0 Å². The second kappa shape index (κ2) is 7.25. The van der Waals surface area contributed by atoms with E-state index in [-0.39, 0.29) is 0 Å². The van der Waals surface area contributed by atoms with E-state index < -0.39 is 0 Å². The summed E-state index contributed by atoms with van der Waals surface area (Å²) in [5.74, 6) is 0. The van der Waals surface area contributed by atoms with Gasteiger partial charge in [0, 0.05) is 18.6 Å². The summed E-state index contributed by atoms with van der Waals surface area (Å²) in [5.41, 5.74) is 0. The minimum absolute atomic E-state index is 0.673. The molecule has 0 amide bonds. The van der Waals surface area contributed by atoms with E-state index in [0.29, 0.717) is 6.04 Å². The third-order valence-electron chi connectivity index (χ3n) is 3.78. The minimum atomic E-state index is 0.673. The van der Waals surface area contributed by atoms with E-state index in [1.165, 1.54) is 45.4 Å². The summed E-state index contributed by atoms with van der Waals surface area (Å²) in [4.78, 5) is 5.04. The van der Waals surface area contributed by atoms with Crippen LogP contribution in [0.4, 0.5) is 0 Å². The lowest BCUT2D eigenvalue weighted by Crippen LogP contribution is -2.45. The van der Waals surface area contributed by atoms with Crippen molar-refractivity contribution in [2.45, 2.75) is 45.2 Å². The van der Waals surface area contributed by atoms with Crippen LogP contribution < -0.4 is 5.32 Å². The number of likely N-dealkylation sites (tertiary alicyclic amines) is 1. The van der Waals surface area contributed by atoms with Crippen molar-refractivity contribution < 1.29 is 0 Å². The molecule has 0 saturated carbocycles. The van der Waals surface area contributed by atoms with Gasteiger partial charge in [-0.2, -0.15) is 0 Å². The van der Waals surface area contributed by atoms with Crippen LogP contribution in [0.1, 0.15) is 33.1 Å². The summed E-state index contributed by atoms with van der Waals surface area (Å²) < 4.78 is 0. The van der Waals surface area contributed by atoms with Crippen LogP contribution in [-0.2, 0) is 0 Å². The Hall–Kier alpha value is -0.120. The Bertz CT molecular complexity index is 182. The maximum atomic E-state index is 3.40. The number of nitrogens with zero attached hydrogens (tertiary/aromatic N) is 2. The fraction of sp³-hybridized carbons (Fsp3) is 1.00. The van der Waals surface area contributed by atoms with Crippen LogP contribution in [0, 0.1) is 0 Å². The van der Waals surface area contributed by atoms with Crippen molar-refractivity contribution >= 4 is 0 Å². The number of rotatable bonds is 6. The molecule has 0 spiro atoms. The van der Waals surface area contributed by atoms with Crippen LogP contribution in [0.2, 0.25) is 0 Å². The number of nitrogens with one attached hydrogen (secondary N) is 1. The zero-order chi connectivity index (χ0) is 12.0. The summed E-state index contributed by atoms with van der Waals surface area (Å²) in [5, 5.41) is 3.40. The molecule has 1 unspecified atom stereocenters. The SMILES string of the molecule is CNC1CCCN(CCCN(C)C(C)C)C1. The average Bonchev–Trinajstić information content (AvgIpc) is 2.29. The molecule has 1 aliphatic rings. The Morgan fingerprint density at radius 2 is 2.19 bits per heavy atom. The van der Waals surface area contributed by atoms with E-state index in [1.807, 2.05) is 0 Å². The summed E-state index contributed by atoms with van der Waals surface area (Å²) in [6.45, 7) is 9.54. The molecule has 1 N–H and O–H groups in total. The van der Waals surface area contributed by atoms with Gasteiger partial charge < -0.3 is 15.1 Å². The molecule has 0 radical (unpaired) electrons. The van der Waals surface area contributed by atoms with Crippen LogP contribution in [0.15, 0.2) is 0 Å². The average molecular weight is 227 g/mol. The second-order valence-corrected chi connectivity index (χ2v) is 5.36. The normalized spacial score (nSPS) is 23.2. The fourth-order valence-corrected chi connectivity index (χ4v) is 2.30. The van der Waals surface area contributed by atoms with Crippen molar-refractivity contribution in [3.05, 3.63) is 0 Å². The highest BCUT2D eigenvalue weighted by atomic mass is 15.2. The first-order chi connectivity index (χ1) is 7.63. The van der Waals surface area contributed by atoms with Gasteiger partial charge in [-0.3, -0.25) is 0 Å². The molecule has 1 aliphatic heterocycles. The molecule has 3 nitrogen and oxygen atoms in total. The quantitative estimate of drug-likeness (QED) is 0.740. The smallest absolute Gasteiger partial charge is 0.0192 e. The van der Waals surface area contributed by atoms with Crippen LogP contribution in [0.3, 0.4) is 0 Å². The zero-order valence-corrected chi connectivity index (χ0v) is 11.5. The summed E-state index contributed by atoms with van der Waals surface area (Å²) in [6.07, 6.45) is 4.00. The first-order valence-corrected chi connectivity index (χ1v) is 6.73. The van der Waals surface area contributed by atoms with Crippen molar-refractivity contribution in [3.8, 4) is 0 Å². The molecule has 3 heteroatoms. The highest BCUT2D eigenvalue weighted by Gasteiger charge is 2.17. The van der Waals surface area contributed by atoms with Gasteiger partial charge in [-0.25, -0.2) is 0 Å². The molecule has 0 aromatic rings. The third-order valence-corrected chi connectivity index (χ3v) is 3.78. The Morgan fingerprint density at radius 3 is 2.81 bits per heavy atom. The van der Waals surface area contributed by atoms with E-state index in [2.05, 4.69) is 43.1 Å². The number of hydrogen-bond acceptors (Lipinski definition) is 3. The van der Waals surface area contributed by atoms with Crippen LogP contribution in [-0.4, -0.2) is 62.2 Å². The van der Waals surface area contributed by atoms with Gasteiger partial charge in [0.15, 0.2) is 0 Å². The molecule has 16 heavy (non-hydrogen) atoms. The van der Waals surface area contributed by atoms with Gasteiger partial charge in [-0.05, 0) is 66.8 Å². The highest BCUT2D eigenvalue weighted by molar-refractivity contribution is 4.76. The van der Waals surface area contributed by atoms with Crippen molar-refractivity contribution in [2.75, 3.05) is 40.3 Å². The molecular weight excluding hydrogens is 198 g/mol. The molecule has 1 atom stereocenters. The monoisotopic (exact) mass is 227 g/mol. The zero-order valence-electron chi connectivity index (χ0n) is 11.5. The van der Waals surface area contributed by atoms with Gasteiger partial charge in [-0.15, -0.1) is 0 Å². The molecule has 1 fully saturated rings. The van der Waals surface area contributed by atoms with Crippen molar-refractivity contribution in [1.29, 1.82) is 0 Å². The number of hydrogen-bond donors (Lipinski definition) is 1. The predicted octanol–water partition coefficient (Wildman–Crippen LogP) is 1.40. The standard InChI is InChI=1S/C13H29N3/c1-12(2)15(4)8-6-10-16-9-5-7-13(11-16)14-3/h12-14H,5-11H2,1-4H3. The molecule has 0 aromatic carbocycles. The predicted molar refractivity (Wildman–Crippen MR) is 70.9 cm³/mol. The number of likely N-dealkylation sites (N-methyl/N-ethyl adjacent to an activating group) is 1. The van der Waals surface area contributed by atoms with Gasteiger partial charge in [0.2, 0.25) is 0 Å². The van der Waals surface area contributed by atoms with E-state index in [9.17, 15) is 0 Å². The topological polar surface area (TPSA) is 18.5 Å². The Labute approximate surface area is 101 Å². The first-order valence-electron chi connectivity index (χ1n) is 6.73. The van der Waals surface area contributed by atoms with Crippen molar-refractivity contribution in [3.63, 3.8) is 0 Å². The number of piperidine rings is 1. The van der Waals surface area contributed by atoms with E-state index in [4.69, 9.17) is 0 Å². The molecule has 0 bridgehead atoms. The summed E-state index contributed by atoms with van der Waals surface area (Å²) in [7, 11) is 4.30. The lowest BCUT2D eigenvalue weighted by molar-refractivity contribution is 0.179. The minimum Gasteiger partial charge on any atom is -0.316 e. The fourth-order valence-electron chi connectivity index (χ4n) is 2.30. The summed E-state index contributed by atoms with van der Waals surface area (Å²) in [6, 6.07) is 1.39.